The molecule has 0 spiro atoms. The molecule has 0 saturated carbocycles. The number of imide groups is 1. The van der Waals surface area contributed by atoms with Crippen molar-refractivity contribution in [2.24, 2.45) is 5.73 Å². The summed E-state index contributed by atoms with van der Waals surface area (Å²) < 4.78 is 26.2. The highest BCUT2D eigenvalue weighted by atomic mass is 32.2. The number of carbonyl (C=O) groups excluding carboxylic acids is 5. The highest BCUT2D eigenvalue weighted by Gasteiger charge is 2.39. The van der Waals surface area contributed by atoms with Crippen LogP contribution in [0.5, 0.6) is 0 Å². The minimum atomic E-state index is -1.19. The number of carbonyl (C=O) groups is 6. The number of aliphatic hydroxyl groups is 1. The molecule has 0 aromatic rings. The number of hydrogen-bond acceptors (Lipinski definition) is 15. The van der Waals surface area contributed by atoms with Gasteiger partial charge in [0.1, 0.15) is 12.6 Å². The van der Waals surface area contributed by atoms with Crippen molar-refractivity contribution in [2.45, 2.75) is 56.3 Å². The van der Waals surface area contributed by atoms with Gasteiger partial charge in [-0.25, -0.2) is 10.2 Å². The zero-order chi connectivity index (χ0) is 35.0. The number of carboxylic acid groups (broad SMARTS) is 1. The maximum atomic E-state index is 12.4. The molecule has 20 heteroatoms. The van der Waals surface area contributed by atoms with Crippen LogP contribution >= 0.6 is 11.8 Å². The van der Waals surface area contributed by atoms with Gasteiger partial charge >= 0.3 is 12.1 Å². The SMILES string of the molecule is CCC(CO)OC(COC(=O)NNCCNC(=O)CCOCCOCCNC(=O)CCN1C(=O)CC(SCC(N)C(=O)O)C1=O)OC. The Kier molecular flexibility index (Phi) is 22.3. The van der Waals surface area contributed by atoms with Crippen LogP contribution in [-0.2, 0) is 47.7 Å². The van der Waals surface area contributed by atoms with Crippen molar-refractivity contribution in [3.05, 3.63) is 0 Å². The lowest BCUT2D eigenvalue weighted by Gasteiger charge is -2.21. The van der Waals surface area contributed by atoms with E-state index in [1.165, 1.54) is 7.11 Å². The van der Waals surface area contributed by atoms with E-state index in [4.69, 9.17) is 39.6 Å². The van der Waals surface area contributed by atoms with Gasteiger partial charge in [-0.1, -0.05) is 6.92 Å². The van der Waals surface area contributed by atoms with Gasteiger partial charge in [-0.3, -0.25) is 34.3 Å². The monoisotopic (exact) mass is 696 g/mol. The lowest BCUT2D eigenvalue weighted by atomic mass is 10.3. The van der Waals surface area contributed by atoms with Crippen LogP contribution in [0, 0.1) is 0 Å². The predicted molar refractivity (Wildman–Crippen MR) is 166 cm³/mol. The summed E-state index contributed by atoms with van der Waals surface area (Å²) in [5.41, 5.74) is 10.3. The largest absolute Gasteiger partial charge is 0.480 e. The Labute approximate surface area is 277 Å². The standard InChI is InChI=1S/C27H48N6O13S/c1-3-18(15-34)46-24(42-2)16-45-27(41)32-31-7-6-29-22(36)5-10-43-12-13-44-11-8-30-21(35)4-9-33-23(37)14-20(25(33)38)47-17-19(28)26(39)40/h18-20,24,31,34H,3-17,28H2,1-2H3,(H,29,36)(H,30,35)(H,32,41)(H,39,40). The van der Waals surface area contributed by atoms with Crippen LogP contribution in [0.2, 0.25) is 0 Å². The van der Waals surface area contributed by atoms with Crippen molar-refractivity contribution < 1.29 is 62.7 Å². The molecule has 4 atom stereocenters. The number of hydrogen-bond donors (Lipinski definition) is 7. The summed E-state index contributed by atoms with van der Waals surface area (Å²) in [6.45, 7) is 2.93. The number of rotatable bonds is 27. The molecule has 1 heterocycles. The molecule has 0 bridgehead atoms. The zero-order valence-corrected chi connectivity index (χ0v) is 27.6. The number of amides is 5. The third-order valence-corrected chi connectivity index (χ3v) is 7.67. The molecule has 1 saturated heterocycles. The van der Waals surface area contributed by atoms with E-state index in [1.54, 1.807) is 0 Å². The van der Waals surface area contributed by atoms with E-state index in [2.05, 4.69) is 21.5 Å². The fraction of sp³-hybridized carbons (Fsp3) is 0.778. The van der Waals surface area contributed by atoms with Crippen LogP contribution in [-0.4, -0.2) is 153 Å². The molecule has 47 heavy (non-hydrogen) atoms. The lowest BCUT2D eigenvalue weighted by molar-refractivity contribution is -0.181. The molecule has 1 fully saturated rings. The summed E-state index contributed by atoms with van der Waals surface area (Å²) in [6, 6.07) is -1.13. The van der Waals surface area contributed by atoms with Crippen molar-refractivity contribution in [1.82, 2.24) is 26.4 Å². The van der Waals surface area contributed by atoms with Crippen LogP contribution in [0.25, 0.3) is 0 Å². The Balaban J connectivity index is 1.99. The van der Waals surface area contributed by atoms with E-state index < -0.39 is 47.6 Å². The molecular weight excluding hydrogens is 648 g/mol. The Hall–Kier alpha value is -3.11. The Bertz CT molecular complexity index is 991. The van der Waals surface area contributed by atoms with E-state index in [0.29, 0.717) is 6.42 Å². The Morgan fingerprint density at radius 1 is 1.02 bits per heavy atom. The second kappa shape index (κ2) is 25.0. The van der Waals surface area contributed by atoms with Gasteiger partial charge in [0.15, 0.2) is 6.29 Å². The Morgan fingerprint density at radius 3 is 2.36 bits per heavy atom. The lowest BCUT2D eigenvalue weighted by Crippen LogP contribution is -2.43. The number of nitrogens with two attached hydrogens (primary N) is 1. The highest BCUT2D eigenvalue weighted by molar-refractivity contribution is 8.00. The number of ether oxygens (including phenoxy) is 5. The molecule has 0 aromatic carbocycles. The molecule has 1 rings (SSSR count). The molecule has 0 aliphatic carbocycles. The van der Waals surface area contributed by atoms with Crippen LogP contribution in [0.15, 0.2) is 0 Å². The number of carboxylic acids is 1. The molecule has 0 radical (unpaired) electrons. The molecule has 1 aliphatic rings. The van der Waals surface area contributed by atoms with E-state index in [1.807, 2.05) is 6.92 Å². The summed E-state index contributed by atoms with van der Waals surface area (Å²) in [7, 11) is 1.39. The first-order valence-corrected chi connectivity index (χ1v) is 16.1. The summed E-state index contributed by atoms with van der Waals surface area (Å²) in [4.78, 5) is 72.0. The normalized spacial score (nSPS) is 16.4. The summed E-state index contributed by atoms with van der Waals surface area (Å²) in [5.74, 6) is -2.68. The van der Waals surface area contributed by atoms with Gasteiger partial charge in [0.25, 0.3) is 0 Å². The first kappa shape index (κ1) is 41.9. The second-order valence-electron chi connectivity index (χ2n) is 9.94. The second-order valence-corrected chi connectivity index (χ2v) is 11.2. The van der Waals surface area contributed by atoms with Crippen molar-refractivity contribution in [2.75, 3.05) is 78.7 Å². The van der Waals surface area contributed by atoms with Gasteiger partial charge in [0.05, 0.1) is 44.4 Å². The van der Waals surface area contributed by atoms with Crippen LogP contribution in [0.1, 0.15) is 32.6 Å². The molecule has 5 amide bonds. The molecular formula is C27H48N6O13S. The average molecular weight is 697 g/mol. The van der Waals surface area contributed by atoms with Gasteiger partial charge in [0.2, 0.25) is 23.6 Å². The fourth-order valence-electron chi connectivity index (χ4n) is 3.67. The summed E-state index contributed by atoms with van der Waals surface area (Å²) in [5, 5.41) is 22.6. The van der Waals surface area contributed by atoms with Gasteiger partial charge in [0, 0.05) is 58.3 Å². The topological polar surface area (TPSA) is 266 Å². The summed E-state index contributed by atoms with van der Waals surface area (Å²) in [6.07, 6.45) is -1.46. The van der Waals surface area contributed by atoms with Crippen molar-refractivity contribution in [3.63, 3.8) is 0 Å². The highest BCUT2D eigenvalue weighted by Crippen LogP contribution is 2.25. The molecule has 1 aliphatic heterocycles. The van der Waals surface area contributed by atoms with Crippen LogP contribution < -0.4 is 27.2 Å². The van der Waals surface area contributed by atoms with E-state index in [9.17, 15) is 28.8 Å². The maximum Gasteiger partial charge on any atom is 0.421 e. The van der Waals surface area contributed by atoms with E-state index in [-0.39, 0.29) is 103 Å². The molecule has 0 aromatic heterocycles. The number of methoxy groups -OCH3 is 1. The number of thioether (sulfide) groups is 1. The smallest absolute Gasteiger partial charge is 0.421 e. The maximum absolute atomic E-state index is 12.4. The van der Waals surface area contributed by atoms with Gasteiger partial charge in [-0.15, -0.1) is 11.8 Å². The first-order chi connectivity index (χ1) is 22.5. The minimum absolute atomic E-state index is 0.00517. The van der Waals surface area contributed by atoms with Crippen molar-refractivity contribution >= 4 is 47.5 Å². The number of nitrogens with one attached hydrogen (secondary N) is 4. The predicted octanol–water partition coefficient (Wildman–Crippen LogP) is -2.70. The number of hydrazine groups is 1. The van der Waals surface area contributed by atoms with E-state index >= 15 is 0 Å². The van der Waals surface area contributed by atoms with E-state index in [0.717, 1.165) is 16.7 Å². The quantitative estimate of drug-likeness (QED) is 0.0199. The number of likely N-dealkylation sites (tertiary alicyclic amines) is 1. The minimum Gasteiger partial charge on any atom is -0.480 e. The Morgan fingerprint density at radius 2 is 1.70 bits per heavy atom. The molecule has 8 N–H and O–H groups in total. The molecule has 270 valence electrons. The first-order valence-electron chi connectivity index (χ1n) is 15.1. The number of aliphatic hydroxyl groups excluding tert-OH is 1. The van der Waals surface area contributed by atoms with Crippen LogP contribution in [0.4, 0.5) is 4.79 Å². The third-order valence-electron chi connectivity index (χ3n) is 6.35. The van der Waals surface area contributed by atoms with Crippen molar-refractivity contribution in [3.8, 4) is 0 Å². The third kappa shape index (κ3) is 18.7. The van der Waals surface area contributed by atoms with Gasteiger partial charge < -0.3 is 50.3 Å². The molecule has 19 nitrogen and oxygen atoms in total. The van der Waals surface area contributed by atoms with Gasteiger partial charge in [-0.05, 0) is 6.42 Å². The van der Waals surface area contributed by atoms with Gasteiger partial charge in [-0.2, -0.15) is 0 Å². The summed E-state index contributed by atoms with van der Waals surface area (Å²) >= 11 is 1.01. The van der Waals surface area contributed by atoms with Crippen LogP contribution in [0.3, 0.4) is 0 Å². The fourth-order valence-corrected chi connectivity index (χ4v) is 4.79. The van der Waals surface area contributed by atoms with Crippen molar-refractivity contribution in [1.29, 1.82) is 0 Å². The zero-order valence-electron chi connectivity index (χ0n) is 26.7. The molecule has 4 unspecified atom stereocenters. The average Bonchev–Trinajstić information content (AvgIpc) is 3.32. The number of nitrogens with zero attached hydrogens (tertiary/aromatic N) is 1. The number of aliphatic carboxylic acids is 1.